The van der Waals surface area contributed by atoms with Crippen molar-refractivity contribution in [1.29, 1.82) is 0 Å². The van der Waals surface area contributed by atoms with Crippen LogP contribution in [-0.4, -0.2) is 6.04 Å². The molecule has 2 heteroatoms. The van der Waals surface area contributed by atoms with Gasteiger partial charge in [-0.3, -0.25) is 0 Å². The summed E-state index contributed by atoms with van der Waals surface area (Å²) in [5.74, 6) is 0. The molecule has 1 rings (SSSR count). The van der Waals surface area contributed by atoms with E-state index >= 15 is 0 Å². The molecule has 0 heterocycles. The van der Waals surface area contributed by atoms with Crippen molar-refractivity contribution >= 4 is 11.6 Å². The summed E-state index contributed by atoms with van der Waals surface area (Å²) in [5, 5.41) is 0.757. The van der Waals surface area contributed by atoms with Crippen LogP contribution < -0.4 is 0 Å². The Kier molecular flexibility index (Phi) is 3.13. The largest absolute Gasteiger partial charge is 0.314 e. The molecule has 0 saturated heterocycles. The lowest BCUT2D eigenvalue weighted by atomic mass is 10.1. The summed E-state index contributed by atoms with van der Waals surface area (Å²) in [7, 11) is 0. The Labute approximate surface area is 77.8 Å². The molecule has 1 aromatic rings. The molecule has 0 aromatic heterocycles. The van der Waals surface area contributed by atoms with E-state index in [1.54, 1.807) is 0 Å². The molecule has 0 fully saturated rings. The number of benzene rings is 1. The van der Waals surface area contributed by atoms with E-state index in [1.807, 2.05) is 31.2 Å². The van der Waals surface area contributed by atoms with Crippen LogP contribution in [0.5, 0.6) is 0 Å². The van der Waals surface area contributed by atoms with Gasteiger partial charge in [-0.25, -0.2) is 6.57 Å². The topological polar surface area (TPSA) is 4.36 Å². The van der Waals surface area contributed by atoms with Crippen molar-refractivity contribution in [2.45, 2.75) is 19.4 Å². The summed E-state index contributed by atoms with van der Waals surface area (Å²) in [6.45, 7) is 8.71. The van der Waals surface area contributed by atoms with E-state index in [0.29, 0.717) is 0 Å². The second-order valence-corrected chi connectivity index (χ2v) is 3.18. The van der Waals surface area contributed by atoms with Gasteiger partial charge in [-0.05, 0) is 11.6 Å². The molecule has 0 radical (unpaired) electrons. The van der Waals surface area contributed by atoms with Gasteiger partial charge in [-0.15, -0.1) is 0 Å². The molecule has 1 unspecified atom stereocenters. The Morgan fingerprint density at radius 2 is 2.17 bits per heavy atom. The smallest absolute Gasteiger partial charge is 0.225 e. The Morgan fingerprint density at radius 1 is 1.50 bits per heavy atom. The van der Waals surface area contributed by atoms with Crippen LogP contribution in [-0.2, 0) is 6.42 Å². The van der Waals surface area contributed by atoms with Crippen LogP contribution in [0.3, 0.4) is 0 Å². The lowest BCUT2D eigenvalue weighted by Gasteiger charge is -2.01. The van der Waals surface area contributed by atoms with Gasteiger partial charge in [-0.1, -0.05) is 29.8 Å². The predicted molar refractivity (Wildman–Crippen MR) is 51.2 cm³/mol. The molecule has 1 aromatic carbocycles. The fourth-order valence-electron chi connectivity index (χ4n) is 1.03. The highest BCUT2D eigenvalue weighted by molar-refractivity contribution is 6.31. The van der Waals surface area contributed by atoms with Crippen molar-refractivity contribution in [3.63, 3.8) is 0 Å². The van der Waals surface area contributed by atoms with Crippen molar-refractivity contribution in [1.82, 2.24) is 0 Å². The van der Waals surface area contributed by atoms with E-state index in [9.17, 15) is 0 Å². The molecule has 1 atom stereocenters. The van der Waals surface area contributed by atoms with Crippen molar-refractivity contribution in [2.75, 3.05) is 0 Å². The monoisotopic (exact) mass is 179 g/mol. The van der Waals surface area contributed by atoms with Gasteiger partial charge in [0.15, 0.2) is 0 Å². The zero-order chi connectivity index (χ0) is 8.97. The van der Waals surface area contributed by atoms with Gasteiger partial charge in [0.1, 0.15) is 0 Å². The fraction of sp³-hybridized carbons (Fsp3) is 0.300. The van der Waals surface area contributed by atoms with Gasteiger partial charge in [0.2, 0.25) is 6.04 Å². The van der Waals surface area contributed by atoms with E-state index in [4.69, 9.17) is 18.2 Å². The number of rotatable bonds is 2. The highest BCUT2D eigenvalue weighted by Crippen LogP contribution is 2.17. The summed E-state index contributed by atoms with van der Waals surface area (Å²) in [5.41, 5.74) is 1.06. The Balaban J connectivity index is 2.77. The van der Waals surface area contributed by atoms with Gasteiger partial charge in [0.25, 0.3) is 0 Å². The Hall–Kier alpha value is -1.00. The van der Waals surface area contributed by atoms with Gasteiger partial charge >= 0.3 is 0 Å². The van der Waals surface area contributed by atoms with Crippen LogP contribution in [0.4, 0.5) is 0 Å². The molecule has 0 bridgehead atoms. The zero-order valence-electron chi connectivity index (χ0n) is 6.92. The number of hydrogen-bond acceptors (Lipinski definition) is 0. The van der Waals surface area contributed by atoms with Gasteiger partial charge in [0.05, 0.1) is 0 Å². The SMILES string of the molecule is [C-]#[N+]C(C)Cc1ccccc1Cl. The molecule has 0 N–H and O–H groups in total. The molecule has 0 amide bonds. The van der Waals surface area contributed by atoms with Crippen LogP contribution in [0.2, 0.25) is 5.02 Å². The minimum absolute atomic E-state index is 0.0184. The molecule has 0 aliphatic heterocycles. The average Bonchev–Trinajstić information content (AvgIpc) is 2.09. The normalized spacial score (nSPS) is 12.1. The maximum Gasteiger partial charge on any atom is 0.225 e. The van der Waals surface area contributed by atoms with Crippen LogP contribution in [0.25, 0.3) is 4.85 Å². The predicted octanol–water partition coefficient (Wildman–Crippen LogP) is 3.19. The average molecular weight is 180 g/mol. The Morgan fingerprint density at radius 3 is 2.75 bits per heavy atom. The van der Waals surface area contributed by atoms with E-state index in [-0.39, 0.29) is 6.04 Å². The first-order valence-corrected chi connectivity index (χ1v) is 4.22. The lowest BCUT2D eigenvalue weighted by Crippen LogP contribution is -2.00. The van der Waals surface area contributed by atoms with Crippen LogP contribution >= 0.6 is 11.6 Å². The fourth-order valence-corrected chi connectivity index (χ4v) is 1.24. The van der Waals surface area contributed by atoms with E-state index in [1.165, 1.54) is 0 Å². The van der Waals surface area contributed by atoms with Crippen LogP contribution in [0.1, 0.15) is 12.5 Å². The third-order valence-electron chi connectivity index (χ3n) is 1.69. The summed E-state index contributed by atoms with van der Waals surface area (Å²) in [6.07, 6.45) is 0.739. The number of halogens is 1. The molecular weight excluding hydrogens is 170 g/mol. The summed E-state index contributed by atoms with van der Waals surface area (Å²) in [6, 6.07) is 7.67. The first kappa shape index (κ1) is 9.09. The first-order valence-electron chi connectivity index (χ1n) is 3.84. The molecule has 0 saturated carbocycles. The third kappa shape index (κ3) is 2.25. The second kappa shape index (κ2) is 4.13. The van der Waals surface area contributed by atoms with Crippen molar-refractivity contribution in [3.8, 4) is 0 Å². The second-order valence-electron chi connectivity index (χ2n) is 2.77. The minimum Gasteiger partial charge on any atom is -0.314 e. The quantitative estimate of drug-likeness (QED) is 0.615. The maximum atomic E-state index is 6.81. The van der Waals surface area contributed by atoms with Gasteiger partial charge < -0.3 is 4.85 Å². The zero-order valence-corrected chi connectivity index (χ0v) is 7.67. The van der Waals surface area contributed by atoms with Crippen molar-refractivity contribution in [3.05, 3.63) is 46.3 Å². The molecule has 0 spiro atoms. The minimum atomic E-state index is 0.0184. The van der Waals surface area contributed by atoms with Crippen LogP contribution in [0.15, 0.2) is 24.3 Å². The molecule has 0 aliphatic rings. The van der Waals surface area contributed by atoms with Crippen molar-refractivity contribution in [2.24, 2.45) is 0 Å². The summed E-state index contributed by atoms with van der Waals surface area (Å²) < 4.78 is 0. The molecular formula is C10H10ClN. The van der Waals surface area contributed by atoms with E-state index < -0.39 is 0 Å². The van der Waals surface area contributed by atoms with E-state index in [0.717, 1.165) is 17.0 Å². The molecule has 62 valence electrons. The van der Waals surface area contributed by atoms with Crippen LogP contribution in [0, 0.1) is 6.57 Å². The lowest BCUT2D eigenvalue weighted by molar-refractivity contribution is 0.845. The van der Waals surface area contributed by atoms with Gasteiger partial charge in [-0.2, -0.15) is 0 Å². The first-order chi connectivity index (χ1) is 5.74. The molecule has 12 heavy (non-hydrogen) atoms. The highest BCUT2D eigenvalue weighted by atomic mass is 35.5. The standard InChI is InChI=1S/C10H10ClN/c1-8(12-2)7-9-5-3-4-6-10(9)11/h3-6,8H,7H2,1H3. The maximum absolute atomic E-state index is 6.81. The number of hydrogen-bond donors (Lipinski definition) is 0. The summed E-state index contributed by atoms with van der Waals surface area (Å²) in [4.78, 5) is 3.42. The summed E-state index contributed by atoms with van der Waals surface area (Å²) >= 11 is 5.92. The third-order valence-corrected chi connectivity index (χ3v) is 2.06. The Bertz CT molecular complexity index is 301. The van der Waals surface area contributed by atoms with Crippen molar-refractivity contribution < 1.29 is 0 Å². The highest BCUT2D eigenvalue weighted by Gasteiger charge is 2.07. The van der Waals surface area contributed by atoms with E-state index in [2.05, 4.69) is 4.85 Å². The molecule has 1 nitrogen and oxygen atoms in total. The number of nitrogens with zero attached hydrogens (tertiary/aromatic N) is 1. The van der Waals surface area contributed by atoms with Gasteiger partial charge in [0, 0.05) is 18.4 Å². The molecule has 0 aliphatic carbocycles.